The van der Waals surface area contributed by atoms with Crippen LogP contribution in [0.1, 0.15) is 41.0 Å². The average molecular weight is 455 g/mol. The number of carbonyl (C=O) groups is 1. The highest BCUT2D eigenvalue weighted by molar-refractivity contribution is 7.93. The molecule has 1 aliphatic carbocycles. The molecule has 9 heteroatoms. The Morgan fingerprint density at radius 3 is 2.31 bits per heavy atom. The summed E-state index contributed by atoms with van der Waals surface area (Å²) in [5, 5.41) is 7.46. The number of nitrogens with zero attached hydrogens (tertiary/aromatic N) is 3. The molecule has 2 aromatic carbocycles. The molecule has 2 aliphatic rings. The van der Waals surface area contributed by atoms with Gasteiger partial charge >= 0.3 is 0 Å². The Morgan fingerprint density at radius 1 is 0.938 bits per heavy atom. The Hall–Kier alpha value is -3.20. The average Bonchev–Trinajstić information content (AvgIpc) is 3.35. The van der Waals surface area contributed by atoms with Crippen molar-refractivity contribution in [2.75, 3.05) is 21.9 Å². The van der Waals surface area contributed by atoms with E-state index in [1.165, 1.54) is 16.4 Å². The van der Waals surface area contributed by atoms with Gasteiger partial charge < -0.3 is 5.32 Å². The second-order valence-corrected chi connectivity index (χ2v) is 10.1. The van der Waals surface area contributed by atoms with Crippen LogP contribution in [0.2, 0.25) is 0 Å². The van der Waals surface area contributed by atoms with Crippen molar-refractivity contribution >= 4 is 27.3 Å². The minimum Gasteiger partial charge on any atom is -0.321 e. The fourth-order valence-electron chi connectivity index (χ4n) is 4.41. The molecular formula is C23H23FN4O3S. The number of anilines is 2. The van der Waals surface area contributed by atoms with Crippen molar-refractivity contribution in [1.29, 1.82) is 0 Å². The van der Waals surface area contributed by atoms with Crippen LogP contribution in [-0.2, 0) is 22.9 Å². The zero-order valence-corrected chi connectivity index (χ0v) is 18.2. The molecule has 3 aromatic rings. The highest BCUT2D eigenvalue weighted by Crippen LogP contribution is 2.29. The summed E-state index contributed by atoms with van der Waals surface area (Å²) in [5.41, 5.74) is 4.17. The first-order valence-electron chi connectivity index (χ1n) is 10.7. The van der Waals surface area contributed by atoms with E-state index in [4.69, 9.17) is 0 Å². The molecule has 7 nitrogen and oxygen atoms in total. The fourth-order valence-corrected chi connectivity index (χ4v) is 5.97. The maximum atomic E-state index is 13.4. The molecular weight excluding hydrogens is 431 g/mol. The van der Waals surface area contributed by atoms with Crippen LogP contribution < -0.4 is 9.62 Å². The minimum absolute atomic E-state index is 0.160. The number of rotatable bonds is 4. The number of nitrogens with one attached hydrogen (secondary N) is 1. The molecule has 0 radical (unpaired) electrons. The lowest BCUT2D eigenvalue weighted by Crippen LogP contribution is -2.25. The molecule has 0 bridgehead atoms. The number of amides is 1. The summed E-state index contributed by atoms with van der Waals surface area (Å²) in [6.45, 7) is 0.473. The van der Waals surface area contributed by atoms with Gasteiger partial charge in [-0.1, -0.05) is 0 Å². The third-order valence-electron chi connectivity index (χ3n) is 5.98. The molecule has 0 saturated carbocycles. The van der Waals surface area contributed by atoms with Gasteiger partial charge in [-0.05, 0) is 80.6 Å². The highest BCUT2D eigenvalue weighted by atomic mass is 32.2. The zero-order valence-electron chi connectivity index (χ0n) is 17.4. The second kappa shape index (κ2) is 8.05. The lowest BCUT2D eigenvalue weighted by molar-refractivity contribution is 0.102. The molecule has 0 unspecified atom stereocenters. The van der Waals surface area contributed by atoms with Gasteiger partial charge in [-0.3, -0.25) is 9.10 Å². The van der Waals surface area contributed by atoms with Gasteiger partial charge in [0.05, 0.1) is 17.1 Å². The van der Waals surface area contributed by atoms with Crippen molar-refractivity contribution in [3.63, 3.8) is 0 Å². The first-order valence-corrected chi connectivity index (χ1v) is 12.3. The molecule has 2 heterocycles. The maximum Gasteiger partial charge on any atom is 0.276 e. The van der Waals surface area contributed by atoms with Crippen LogP contribution in [0, 0.1) is 5.82 Å². The SMILES string of the molecule is O=C(Nc1ccc(N2CCCS2(=O)=O)cc1)c1nn(-c2ccc(F)cc2)c2c1CCCC2. The first kappa shape index (κ1) is 20.7. The van der Waals surface area contributed by atoms with E-state index in [1.54, 1.807) is 41.1 Å². The van der Waals surface area contributed by atoms with Crippen molar-refractivity contribution in [1.82, 2.24) is 9.78 Å². The molecule has 32 heavy (non-hydrogen) atoms. The van der Waals surface area contributed by atoms with Gasteiger partial charge in [0.15, 0.2) is 5.69 Å². The van der Waals surface area contributed by atoms with Crippen molar-refractivity contribution in [3.05, 3.63) is 71.3 Å². The number of carbonyl (C=O) groups excluding carboxylic acids is 1. The molecule has 166 valence electrons. The third kappa shape index (κ3) is 3.77. The Morgan fingerprint density at radius 2 is 1.62 bits per heavy atom. The van der Waals surface area contributed by atoms with Gasteiger partial charge in [-0.25, -0.2) is 17.5 Å². The first-order chi connectivity index (χ1) is 15.4. The van der Waals surface area contributed by atoms with Crippen molar-refractivity contribution < 1.29 is 17.6 Å². The zero-order chi connectivity index (χ0) is 22.3. The summed E-state index contributed by atoms with van der Waals surface area (Å²) in [6, 6.07) is 12.9. The van der Waals surface area contributed by atoms with E-state index in [0.29, 0.717) is 30.0 Å². The van der Waals surface area contributed by atoms with Gasteiger partial charge in [-0.15, -0.1) is 0 Å². The summed E-state index contributed by atoms with van der Waals surface area (Å²) in [6.07, 6.45) is 4.20. The van der Waals surface area contributed by atoms with E-state index < -0.39 is 10.0 Å². The van der Waals surface area contributed by atoms with Gasteiger partial charge in [0.25, 0.3) is 5.91 Å². The number of hydrogen-bond donors (Lipinski definition) is 1. The number of halogens is 1. The Bertz CT molecular complexity index is 1270. The van der Waals surface area contributed by atoms with Gasteiger partial charge in [0.2, 0.25) is 10.0 Å². The summed E-state index contributed by atoms with van der Waals surface area (Å²) in [7, 11) is -3.25. The van der Waals surface area contributed by atoms with Crippen LogP contribution in [0.15, 0.2) is 48.5 Å². The third-order valence-corrected chi connectivity index (χ3v) is 7.85. The van der Waals surface area contributed by atoms with E-state index in [-0.39, 0.29) is 17.5 Å². The van der Waals surface area contributed by atoms with Gasteiger partial charge in [-0.2, -0.15) is 5.10 Å². The molecule has 1 aromatic heterocycles. The van der Waals surface area contributed by atoms with E-state index in [9.17, 15) is 17.6 Å². The molecule has 1 amide bonds. The Kier molecular flexibility index (Phi) is 5.21. The topological polar surface area (TPSA) is 84.3 Å². The monoisotopic (exact) mass is 454 g/mol. The molecule has 1 aliphatic heterocycles. The quantitative estimate of drug-likeness (QED) is 0.652. The molecule has 1 N–H and O–H groups in total. The summed E-state index contributed by atoms with van der Waals surface area (Å²) < 4.78 is 40.7. The van der Waals surface area contributed by atoms with Crippen molar-refractivity contribution in [2.24, 2.45) is 0 Å². The largest absolute Gasteiger partial charge is 0.321 e. The minimum atomic E-state index is -3.25. The molecule has 1 fully saturated rings. The molecule has 0 atom stereocenters. The summed E-state index contributed by atoms with van der Waals surface area (Å²) in [5.74, 6) is -0.476. The normalized spacial score (nSPS) is 17.2. The van der Waals surface area contributed by atoms with Crippen LogP contribution >= 0.6 is 0 Å². The van der Waals surface area contributed by atoms with Crippen LogP contribution in [0.4, 0.5) is 15.8 Å². The second-order valence-electron chi connectivity index (χ2n) is 8.11. The van der Waals surface area contributed by atoms with E-state index >= 15 is 0 Å². The lowest BCUT2D eigenvalue weighted by Gasteiger charge is -2.17. The van der Waals surface area contributed by atoms with Crippen LogP contribution in [0.3, 0.4) is 0 Å². The Labute approximate surface area is 185 Å². The molecule has 5 rings (SSSR count). The van der Waals surface area contributed by atoms with E-state index in [2.05, 4.69) is 10.4 Å². The highest BCUT2D eigenvalue weighted by Gasteiger charge is 2.29. The molecule has 0 spiro atoms. The number of benzene rings is 2. The Balaban J connectivity index is 1.40. The van der Waals surface area contributed by atoms with Crippen molar-refractivity contribution in [3.8, 4) is 5.69 Å². The lowest BCUT2D eigenvalue weighted by atomic mass is 9.95. The van der Waals surface area contributed by atoms with Crippen molar-refractivity contribution in [2.45, 2.75) is 32.1 Å². The number of hydrogen-bond acceptors (Lipinski definition) is 4. The predicted molar refractivity (Wildman–Crippen MR) is 120 cm³/mol. The maximum absolute atomic E-state index is 13.4. The standard InChI is InChI=1S/C23H23FN4O3S/c24-16-6-10-19(11-7-16)28-21-5-2-1-4-20(21)22(26-28)23(29)25-17-8-12-18(13-9-17)27-14-3-15-32(27,30)31/h6-13H,1-5,14-15H2,(H,25,29). The number of aromatic nitrogens is 2. The molecule has 1 saturated heterocycles. The van der Waals surface area contributed by atoms with Crippen LogP contribution in [0.5, 0.6) is 0 Å². The van der Waals surface area contributed by atoms with Gasteiger partial charge in [0.1, 0.15) is 5.82 Å². The number of sulfonamides is 1. The van der Waals surface area contributed by atoms with Crippen LogP contribution in [-0.4, -0.2) is 36.4 Å². The fraction of sp³-hybridized carbons (Fsp3) is 0.304. The van der Waals surface area contributed by atoms with Crippen LogP contribution in [0.25, 0.3) is 5.69 Å². The summed E-state index contributed by atoms with van der Waals surface area (Å²) >= 11 is 0. The van der Waals surface area contributed by atoms with E-state index in [1.807, 2.05) is 0 Å². The van der Waals surface area contributed by atoms with E-state index in [0.717, 1.165) is 42.6 Å². The van der Waals surface area contributed by atoms with Gasteiger partial charge in [0, 0.05) is 23.5 Å². The number of fused-ring (bicyclic) bond motifs is 1. The smallest absolute Gasteiger partial charge is 0.276 e. The summed E-state index contributed by atoms with van der Waals surface area (Å²) in [4.78, 5) is 13.1. The predicted octanol–water partition coefficient (Wildman–Crippen LogP) is 3.68.